The van der Waals surface area contributed by atoms with Gasteiger partial charge in [0.2, 0.25) is 0 Å². The van der Waals surface area contributed by atoms with Gasteiger partial charge in [-0.2, -0.15) is 0 Å². The van der Waals surface area contributed by atoms with Gasteiger partial charge in [-0.15, -0.1) is 0 Å². The molecule has 0 atom stereocenters. The second kappa shape index (κ2) is 3.34. The highest BCUT2D eigenvalue weighted by molar-refractivity contribution is 5.20. The third kappa shape index (κ3) is 1.83. The molecular weight excluding hydrogens is 126 g/mol. The van der Waals surface area contributed by atoms with Gasteiger partial charge in [-0.1, -0.05) is 29.8 Å². The Morgan fingerprint density at radius 3 is 2.40 bits per heavy atom. The molecule has 2 N–H and O–H groups in total. The monoisotopic (exact) mass is 137 g/mol. The van der Waals surface area contributed by atoms with Crippen LogP contribution < -0.4 is 5.48 Å². The Morgan fingerprint density at radius 2 is 1.90 bits per heavy atom. The van der Waals surface area contributed by atoms with Crippen LogP contribution in [0.5, 0.6) is 0 Å². The lowest BCUT2D eigenvalue weighted by molar-refractivity contribution is -0.605. The Kier molecular flexibility index (Phi) is 2.42. The average molecular weight is 137 g/mol. The minimum atomic E-state index is 0.528. The van der Waals surface area contributed by atoms with Crippen molar-refractivity contribution in [2.45, 2.75) is 13.5 Å². The molecule has 0 radical (unpaired) electrons. The van der Waals surface area contributed by atoms with E-state index in [4.69, 9.17) is 0 Å². The van der Waals surface area contributed by atoms with Gasteiger partial charge in [0, 0.05) is 5.56 Å². The minimum absolute atomic E-state index is 0.528. The van der Waals surface area contributed by atoms with Crippen molar-refractivity contribution in [2.75, 3.05) is 0 Å². The molecule has 0 aromatic heterocycles. The lowest BCUT2D eigenvalue weighted by atomic mass is 10.2. The van der Waals surface area contributed by atoms with E-state index in [0.29, 0.717) is 6.54 Å². The van der Waals surface area contributed by atoms with Crippen molar-refractivity contribution in [3.63, 3.8) is 0 Å². The molecule has 1 aromatic carbocycles. The predicted octanol–water partition coefficient (Wildman–Crippen LogP) is 0.556. The largest absolute Gasteiger partial charge is 0.636 e. The second-order valence-electron chi connectivity index (χ2n) is 2.36. The smallest absolute Gasteiger partial charge is 0.101 e. The topological polar surface area (TPSA) is 39.7 Å². The van der Waals surface area contributed by atoms with Crippen LogP contribution in [-0.2, 0) is 6.54 Å². The lowest BCUT2D eigenvalue weighted by Crippen LogP contribution is -2.75. The fourth-order valence-electron chi connectivity index (χ4n) is 0.820. The molecule has 1 rings (SSSR count). The summed E-state index contributed by atoms with van der Waals surface area (Å²) in [6.45, 7) is 2.56. The molecule has 0 fully saturated rings. The van der Waals surface area contributed by atoms with E-state index in [1.807, 2.05) is 31.2 Å². The molecule has 2 nitrogen and oxygen atoms in total. The van der Waals surface area contributed by atoms with E-state index in [9.17, 15) is 5.21 Å². The van der Waals surface area contributed by atoms with Crippen LogP contribution in [0.4, 0.5) is 0 Å². The van der Waals surface area contributed by atoms with Gasteiger partial charge >= 0.3 is 0 Å². The summed E-state index contributed by atoms with van der Waals surface area (Å²) in [4.78, 5) is 0. The van der Waals surface area contributed by atoms with Crippen LogP contribution >= 0.6 is 0 Å². The fourth-order valence-corrected chi connectivity index (χ4v) is 0.820. The van der Waals surface area contributed by atoms with Gasteiger partial charge in [0.15, 0.2) is 0 Å². The Bertz CT molecular complexity index is 193. The van der Waals surface area contributed by atoms with Crippen LogP contribution in [0.15, 0.2) is 24.3 Å². The SMILES string of the molecule is Cc1ccc(C[NH2+][O-])cc1. The number of aryl methyl sites for hydroxylation is 1. The Hall–Kier alpha value is -0.860. The van der Waals surface area contributed by atoms with Crippen LogP contribution in [0.25, 0.3) is 0 Å². The predicted molar refractivity (Wildman–Crippen MR) is 40.2 cm³/mol. The zero-order valence-electron chi connectivity index (χ0n) is 6.00. The van der Waals surface area contributed by atoms with Crippen molar-refractivity contribution in [1.82, 2.24) is 0 Å². The minimum Gasteiger partial charge on any atom is -0.636 e. The van der Waals surface area contributed by atoms with Crippen LogP contribution in [0.3, 0.4) is 0 Å². The zero-order chi connectivity index (χ0) is 7.40. The summed E-state index contributed by atoms with van der Waals surface area (Å²) in [5, 5.41) is 10.1. The van der Waals surface area contributed by atoms with Gasteiger partial charge in [0.05, 0.1) is 0 Å². The summed E-state index contributed by atoms with van der Waals surface area (Å²) in [7, 11) is 0. The summed E-state index contributed by atoms with van der Waals surface area (Å²) in [5.41, 5.74) is 3.24. The Labute approximate surface area is 60.5 Å². The molecule has 10 heavy (non-hydrogen) atoms. The Balaban J connectivity index is 2.69. The molecule has 0 unspecified atom stereocenters. The highest BCUT2D eigenvalue weighted by Crippen LogP contribution is 2.00. The summed E-state index contributed by atoms with van der Waals surface area (Å²) < 4.78 is 0. The molecule has 0 heterocycles. The van der Waals surface area contributed by atoms with E-state index in [0.717, 1.165) is 11.0 Å². The fraction of sp³-hybridized carbons (Fsp3) is 0.250. The summed E-state index contributed by atoms with van der Waals surface area (Å²) in [5.74, 6) is 0. The lowest BCUT2D eigenvalue weighted by Gasteiger charge is -2.01. The normalized spacial score (nSPS) is 9.80. The second-order valence-corrected chi connectivity index (χ2v) is 2.36. The van der Waals surface area contributed by atoms with Crippen molar-refractivity contribution in [1.29, 1.82) is 0 Å². The number of rotatable bonds is 2. The number of hydrogen-bond acceptors (Lipinski definition) is 1. The molecule has 0 aliphatic heterocycles. The van der Waals surface area contributed by atoms with Gasteiger partial charge in [0.1, 0.15) is 6.54 Å². The molecule has 0 aliphatic rings. The first-order valence-corrected chi connectivity index (χ1v) is 3.32. The van der Waals surface area contributed by atoms with E-state index < -0.39 is 0 Å². The van der Waals surface area contributed by atoms with Crippen LogP contribution in [-0.4, -0.2) is 0 Å². The molecule has 54 valence electrons. The number of quaternary nitrogens is 1. The molecule has 0 bridgehead atoms. The summed E-state index contributed by atoms with van der Waals surface area (Å²) in [6, 6.07) is 7.98. The van der Waals surface area contributed by atoms with Gasteiger partial charge in [-0.25, -0.2) is 0 Å². The molecule has 0 aliphatic carbocycles. The molecule has 0 saturated carbocycles. The van der Waals surface area contributed by atoms with Crippen molar-refractivity contribution in [3.8, 4) is 0 Å². The molecule has 0 spiro atoms. The van der Waals surface area contributed by atoms with Gasteiger partial charge < -0.3 is 10.7 Å². The Morgan fingerprint density at radius 1 is 1.30 bits per heavy atom. The maximum atomic E-state index is 10.1. The number of nitrogens with two attached hydrogens (primary N) is 1. The van der Waals surface area contributed by atoms with Gasteiger partial charge in [-0.05, 0) is 6.92 Å². The van der Waals surface area contributed by atoms with E-state index in [-0.39, 0.29) is 0 Å². The number of hydroxylamine groups is 1. The van der Waals surface area contributed by atoms with E-state index >= 15 is 0 Å². The maximum Gasteiger partial charge on any atom is 0.101 e. The van der Waals surface area contributed by atoms with E-state index in [2.05, 4.69) is 0 Å². The maximum absolute atomic E-state index is 10.1. The molecule has 1 aromatic rings. The number of benzene rings is 1. The third-order valence-electron chi connectivity index (χ3n) is 1.44. The van der Waals surface area contributed by atoms with Crippen LogP contribution in [0, 0.1) is 12.1 Å². The first-order chi connectivity index (χ1) is 4.83. The average Bonchev–Trinajstić information content (AvgIpc) is 1.95. The summed E-state index contributed by atoms with van der Waals surface area (Å²) in [6.07, 6.45) is 0. The first kappa shape index (κ1) is 7.25. The first-order valence-electron chi connectivity index (χ1n) is 3.32. The zero-order valence-corrected chi connectivity index (χ0v) is 6.00. The van der Waals surface area contributed by atoms with Gasteiger partial charge in [0.25, 0.3) is 0 Å². The molecule has 0 saturated heterocycles. The number of hydrogen-bond donors (Lipinski definition) is 1. The van der Waals surface area contributed by atoms with E-state index in [1.54, 1.807) is 0 Å². The quantitative estimate of drug-likeness (QED) is 0.594. The van der Waals surface area contributed by atoms with Crippen molar-refractivity contribution in [3.05, 3.63) is 40.6 Å². The molecule has 0 amide bonds. The van der Waals surface area contributed by atoms with Gasteiger partial charge in [-0.3, -0.25) is 0 Å². The van der Waals surface area contributed by atoms with Crippen molar-refractivity contribution < 1.29 is 5.48 Å². The van der Waals surface area contributed by atoms with Crippen molar-refractivity contribution >= 4 is 0 Å². The molecular formula is C8H11NO. The van der Waals surface area contributed by atoms with Crippen LogP contribution in [0.1, 0.15) is 11.1 Å². The standard InChI is InChI=1S/C8H11NO/c1-7-2-4-8(5-3-7)6-9-10/h2-5H,6,9H2,1H3. The van der Waals surface area contributed by atoms with Crippen molar-refractivity contribution in [2.24, 2.45) is 0 Å². The third-order valence-corrected chi connectivity index (χ3v) is 1.44. The summed E-state index contributed by atoms with van der Waals surface area (Å²) >= 11 is 0. The molecule has 2 heteroatoms. The highest BCUT2D eigenvalue weighted by atomic mass is 16.5. The highest BCUT2D eigenvalue weighted by Gasteiger charge is 1.88. The van der Waals surface area contributed by atoms with Crippen LogP contribution in [0.2, 0.25) is 0 Å². The van der Waals surface area contributed by atoms with E-state index in [1.165, 1.54) is 5.56 Å².